The second kappa shape index (κ2) is 5.83. The van der Waals surface area contributed by atoms with Crippen LogP contribution in [0.4, 0.5) is 11.5 Å². The van der Waals surface area contributed by atoms with Crippen molar-refractivity contribution in [3.63, 3.8) is 0 Å². The third-order valence-electron chi connectivity index (χ3n) is 2.05. The van der Waals surface area contributed by atoms with Crippen molar-refractivity contribution < 1.29 is 8.42 Å². The van der Waals surface area contributed by atoms with Crippen LogP contribution in [0.25, 0.3) is 0 Å². The molecule has 96 valence electrons. The average molecular weight is 258 g/mol. The number of aromatic nitrogens is 1. The lowest BCUT2D eigenvalue weighted by atomic mass is 10.4. The molecule has 6 nitrogen and oxygen atoms in total. The molecule has 0 saturated carbocycles. The molecule has 1 aromatic rings. The van der Waals surface area contributed by atoms with Gasteiger partial charge in [0.05, 0.1) is 11.9 Å². The average Bonchev–Trinajstić information content (AvgIpc) is 2.27. The Morgan fingerprint density at radius 2 is 2.06 bits per heavy atom. The third-order valence-corrected chi connectivity index (χ3v) is 3.50. The van der Waals surface area contributed by atoms with Crippen LogP contribution in [0.1, 0.15) is 13.3 Å². The molecule has 0 saturated heterocycles. The summed E-state index contributed by atoms with van der Waals surface area (Å²) >= 11 is 0. The molecule has 0 amide bonds. The van der Waals surface area contributed by atoms with Gasteiger partial charge in [-0.3, -0.25) is 4.72 Å². The van der Waals surface area contributed by atoms with Crippen molar-refractivity contribution in [2.45, 2.75) is 13.3 Å². The normalized spacial score (nSPS) is 11.5. The topological polar surface area (TPSA) is 74.3 Å². The zero-order valence-electron chi connectivity index (χ0n) is 10.3. The van der Waals surface area contributed by atoms with Gasteiger partial charge < -0.3 is 5.32 Å². The van der Waals surface area contributed by atoms with Gasteiger partial charge in [0.25, 0.3) is 0 Å². The van der Waals surface area contributed by atoms with Crippen LogP contribution < -0.4 is 10.0 Å². The first-order valence-electron chi connectivity index (χ1n) is 5.36. The number of hydrogen-bond donors (Lipinski definition) is 2. The smallest absolute Gasteiger partial charge is 0.301 e. The molecule has 1 heterocycles. The van der Waals surface area contributed by atoms with Crippen LogP contribution in [-0.2, 0) is 10.2 Å². The van der Waals surface area contributed by atoms with Gasteiger partial charge in [0, 0.05) is 20.6 Å². The summed E-state index contributed by atoms with van der Waals surface area (Å²) in [5.41, 5.74) is 0.445. The van der Waals surface area contributed by atoms with E-state index in [1.165, 1.54) is 20.3 Å². The lowest BCUT2D eigenvalue weighted by Gasteiger charge is -2.13. The Balaban J connectivity index is 2.69. The van der Waals surface area contributed by atoms with Crippen molar-refractivity contribution in [1.29, 1.82) is 0 Å². The van der Waals surface area contributed by atoms with E-state index >= 15 is 0 Å². The van der Waals surface area contributed by atoms with Gasteiger partial charge >= 0.3 is 10.2 Å². The summed E-state index contributed by atoms with van der Waals surface area (Å²) in [5.74, 6) is 0.736. The summed E-state index contributed by atoms with van der Waals surface area (Å²) in [7, 11) is -0.528. The van der Waals surface area contributed by atoms with Crippen LogP contribution in [0.15, 0.2) is 18.3 Å². The molecule has 1 aromatic heterocycles. The van der Waals surface area contributed by atoms with Gasteiger partial charge in [0.15, 0.2) is 0 Å². The second-order valence-corrected chi connectivity index (χ2v) is 5.63. The Kier molecular flexibility index (Phi) is 4.71. The first kappa shape index (κ1) is 13.7. The Morgan fingerprint density at radius 1 is 1.35 bits per heavy atom. The molecular weight excluding hydrogens is 240 g/mol. The van der Waals surface area contributed by atoms with E-state index in [1.54, 1.807) is 12.1 Å². The van der Waals surface area contributed by atoms with E-state index in [1.807, 2.05) is 0 Å². The highest BCUT2D eigenvalue weighted by Gasteiger charge is 2.12. The minimum Gasteiger partial charge on any atom is -0.370 e. The second-order valence-electron chi connectivity index (χ2n) is 3.75. The van der Waals surface area contributed by atoms with Gasteiger partial charge in [-0.1, -0.05) is 6.92 Å². The molecule has 0 spiro atoms. The van der Waals surface area contributed by atoms with E-state index in [0.717, 1.165) is 23.1 Å². The molecule has 0 aliphatic rings. The van der Waals surface area contributed by atoms with Crippen molar-refractivity contribution in [2.24, 2.45) is 0 Å². The first-order chi connectivity index (χ1) is 7.95. The molecule has 7 heteroatoms. The molecule has 0 aliphatic carbocycles. The molecule has 0 aromatic carbocycles. The summed E-state index contributed by atoms with van der Waals surface area (Å²) in [6.07, 6.45) is 2.50. The maximum absolute atomic E-state index is 11.5. The van der Waals surface area contributed by atoms with Crippen LogP contribution in [0.3, 0.4) is 0 Å². The first-order valence-corrected chi connectivity index (χ1v) is 6.80. The number of rotatable bonds is 6. The van der Waals surface area contributed by atoms with Crippen LogP contribution in [0.5, 0.6) is 0 Å². The monoisotopic (exact) mass is 258 g/mol. The lowest BCUT2D eigenvalue weighted by Crippen LogP contribution is -2.28. The van der Waals surface area contributed by atoms with E-state index in [2.05, 4.69) is 21.9 Å². The van der Waals surface area contributed by atoms with Crippen molar-refractivity contribution in [3.8, 4) is 0 Å². The standard InChI is InChI=1S/C10H18N4O2S/c1-4-7-11-10-6-5-9(8-12-10)13-17(15,16)14(2)3/h5-6,8,13H,4,7H2,1-3H3,(H,11,12). The van der Waals surface area contributed by atoms with Crippen LogP contribution in [0.2, 0.25) is 0 Å². The summed E-state index contributed by atoms with van der Waals surface area (Å²) in [5, 5.41) is 3.11. The van der Waals surface area contributed by atoms with Gasteiger partial charge in [-0.2, -0.15) is 12.7 Å². The van der Waals surface area contributed by atoms with Crippen LogP contribution in [-0.4, -0.2) is 38.3 Å². The summed E-state index contributed by atoms with van der Waals surface area (Å²) in [4.78, 5) is 4.10. The van der Waals surface area contributed by atoms with E-state index in [9.17, 15) is 8.42 Å². The number of anilines is 2. The maximum atomic E-state index is 11.5. The van der Waals surface area contributed by atoms with E-state index in [-0.39, 0.29) is 0 Å². The molecule has 0 fully saturated rings. The molecule has 0 atom stereocenters. The Morgan fingerprint density at radius 3 is 2.53 bits per heavy atom. The van der Waals surface area contributed by atoms with Crippen molar-refractivity contribution >= 4 is 21.7 Å². The molecule has 0 aliphatic heterocycles. The van der Waals surface area contributed by atoms with E-state index in [0.29, 0.717) is 5.69 Å². The van der Waals surface area contributed by atoms with Gasteiger partial charge in [-0.25, -0.2) is 4.98 Å². The summed E-state index contributed by atoms with van der Waals surface area (Å²) in [6.45, 7) is 2.91. The molecule has 0 unspecified atom stereocenters. The molecular formula is C10H18N4O2S. The number of nitrogens with zero attached hydrogens (tertiary/aromatic N) is 2. The highest BCUT2D eigenvalue weighted by atomic mass is 32.2. The Hall–Kier alpha value is -1.34. The number of pyridine rings is 1. The fourth-order valence-electron chi connectivity index (χ4n) is 1.05. The van der Waals surface area contributed by atoms with Crippen LogP contribution >= 0.6 is 0 Å². The predicted octanol–water partition coefficient (Wildman–Crippen LogP) is 1.12. The third kappa shape index (κ3) is 4.20. The zero-order valence-corrected chi connectivity index (χ0v) is 11.1. The summed E-state index contributed by atoms with van der Waals surface area (Å²) < 4.78 is 26.6. The number of hydrogen-bond acceptors (Lipinski definition) is 4. The molecule has 2 N–H and O–H groups in total. The quantitative estimate of drug-likeness (QED) is 0.802. The fraction of sp³-hybridized carbons (Fsp3) is 0.500. The highest BCUT2D eigenvalue weighted by molar-refractivity contribution is 7.90. The maximum Gasteiger partial charge on any atom is 0.301 e. The summed E-state index contributed by atoms with van der Waals surface area (Å²) in [6, 6.07) is 3.41. The van der Waals surface area contributed by atoms with Gasteiger partial charge in [-0.15, -0.1) is 0 Å². The molecule has 1 rings (SSSR count). The SMILES string of the molecule is CCCNc1ccc(NS(=O)(=O)N(C)C)cn1. The Labute approximate surface area is 102 Å². The molecule has 0 bridgehead atoms. The van der Waals surface area contributed by atoms with Gasteiger partial charge in [-0.05, 0) is 18.6 Å². The fourth-order valence-corrected chi connectivity index (χ4v) is 1.65. The zero-order chi connectivity index (χ0) is 12.9. The van der Waals surface area contributed by atoms with Gasteiger partial charge in [0.1, 0.15) is 5.82 Å². The lowest BCUT2D eigenvalue weighted by molar-refractivity contribution is 0.527. The van der Waals surface area contributed by atoms with Crippen LogP contribution in [0, 0.1) is 0 Å². The number of nitrogens with one attached hydrogen (secondary N) is 2. The predicted molar refractivity (Wildman–Crippen MR) is 69.2 cm³/mol. The highest BCUT2D eigenvalue weighted by Crippen LogP contribution is 2.11. The molecule has 17 heavy (non-hydrogen) atoms. The Bertz CT molecular complexity index is 442. The minimum absolute atomic E-state index is 0.445. The van der Waals surface area contributed by atoms with E-state index < -0.39 is 10.2 Å². The van der Waals surface area contributed by atoms with Gasteiger partial charge in [0.2, 0.25) is 0 Å². The minimum atomic E-state index is -3.46. The van der Waals surface area contributed by atoms with Crippen molar-refractivity contribution in [3.05, 3.63) is 18.3 Å². The van der Waals surface area contributed by atoms with Crippen molar-refractivity contribution in [2.75, 3.05) is 30.7 Å². The van der Waals surface area contributed by atoms with E-state index in [4.69, 9.17) is 0 Å². The van der Waals surface area contributed by atoms with Crippen molar-refractivity contribution in [1.82, 2.24) is 9.29 Å². The largest absolute Gasteiger partial charge is 0.370 e. The molecule has 0 radical (unpaired) electrons.